The molecule has 15 heavy (non-hydrogen) atoms. The Labute approximate surface area is 90.9 Å². The monoisotopic (exact) mass is 204 g/mol. The van der Waals surface area contributed by atoms with E-state index in [1.54, 1.807) is 13.3 Å². The summed E-state index contributed by atoms with van der Waals surface area (Å²) in [6, 6.07) is 3.89. The van der Waals surface area contributed by atoms with Crippen molar-refractivity contribution in [1.82, 2.24) is 10.3 Å². The average Bonchev–Trinajstić information content (AvgIpc) is 2.29. The molecule has 0 bridgehead atoms. The van der Waals surface area contributed by atoms with Crippen LogP contribution in [0.5, 0.6) is 5.88 Å². The molecule has 1 aromatic heterocycles. The maximum absolute atomic E-state index is 5.16. The van der Waals surface area contributed by atoms with Crippen molar-refractivity contribution >= 4 is 0 Å². The number of hydrogen-bond acceptors (Lipinski definition) is 3. The van der Waals surface area contributed by atoms with Gasteiger partial charge in [0.25, 0.3) is 0 Å². The van der Waals surface area contributed by atoms with Crippen molar-refractivity contribution in [2.24, 2.45) is 0 Å². The van der Waals surface area contributed by atoms with Crippen molar-refractivity contribution in [3.63, 3.8) is 0 Å². The number of nitrogens with one attached hydrogen (secondary N) is 1. The second-order valence-electron chi connectivity index (χ2n) is 3.19. The standard InChI is InChI=1S/C12H16N2O/c1-3-4-5-7-13-10-11-6-8-14-12(9-11)15-2/h1,6,8-9,13H,4-5,7,10H2,2H3. The molecular formula is C12H16N2O. The highest BCUT2D eigenvalue weighted by atomic mass is 16.5. The summed E-state index contributed by atoms with van der Waals surface area (Å²) >= 11 is 0. The van der Waals surface area contributed by atoms with Crippen LogP contribution in [0.3, 0.4) is 0 Å². The summed E-state index contributed by atoms with van der Waals surface area (Å²) in [6.07, 6.45) is 8.74. The third kappa shape index (κ3) is 4.48. The van der Waals surface area contributed by atoms with Gasteiger partial charge in [-0.25, -0.2) is 4.98 Å². The summed E-state index contributed by atoms with van der Waals surface area (Å²) in [5.41, 5.74) is 1.17. The molecule has 0 aromatic carbocycles. The number of unbranched alkanes of at least 4 members (excludes halogenated alkanes) is 1. The highest BCUT2D eigenvalue weighted by Crippen LogP contribution is 2.07. The fraction of sp³-hybridized carbons (Fsp3) is 0.417. The molecule has 0 aliphatic carbocycles. The number of aromatic nitrogens is 1. The lowest BCUT2D eigenvalue weighted by molar-refractivity contribution is 0.397. The topological polar surface area (TPSA) is 34.2 Å². The van der Waals surface area contributed by atoms with Crippen LogP contribution in [0, 0.1) is 12.3 Å². The smallest absolute Gasteiger partial charge is 0.213 e. The predicted molar refractivity (Wildman–Crippen MR) is 60.6 cm³/mol. The average molecular weight is 204 g/mol. The zero-order valence-corrected chi connectivity index (χ0v) is 8.99. The van der Waals surface area contributed by atoms with Gasteiger partial charge in [0.2, 0.25) is 5.88 Å². The lowest BCUT2D eigenvalue weighted by atomic mass is 10.2. The Morgan fingerprint density at radius 3 is 3.20 bits per heavy atom. The first-order chi connectivity index (χ1) is 7.36. The van der Waals surface area contributed by atoms with Crippen LogP contribution in [-0.4, -0.2) is 18.6 Å². The van der Waals surface area contributed by atoms with Crippen molar-refractivity contribution in [2.45, 2.75) is 19.4 Å². The molecular weight excluding hydrogens is 188 g/mol. The molecule has 1 rings (SSSR count). The molecule has 3 heteroatoms. The third-order valence-corrected chi connectivity index (χ3v) is 2.01. The zero-order chi connectivity index (χ0) is 10.9. The van der Waals surface area contributed by atoms with Crippen LogP contribution in [0.25, 0.3) is 0 Å². The van der Waals surface area contributed by atoms with Gasteiger partial charge in [0, 0.05) is 25.2 Å². The summed E-state index contributed by atoms with van der Waals surface area (Å²) < 4.78 is 5.03. The lowest BCUT2D eigenvalue weighted by Crippen LogP contribution is -2.14. The number of rotatable bonds is 6. The molecule has 0 radical (unpaired) electrons. The molecule has 1 N–H and O–H groups in total. The molecule has 0 unspecified atom stereocenters. The van der Waals surface area contributed by atoms with Crippen molar-refractivity contribution in [3.8, 4) is 18.2 Å². The van der Waals surface area contributed by atoms with Gasteiger partial charge >= 0.3 is 0 Å². The summed E-state index contributed by atoms with van der Waals surface area (Å²) in [5.74, 6) is 3.27. The van der Waals surface area contributed by atoms with Gasteiger partial charge in [-0.15, -0.1) is 12.3 Å². The van der Waals surface area contributed by atoms with Gasteiger partial charge in [0.1, 0.15) is 0 Å². The molecule has 0 atom stereocenters. The molecule has 1 heterocycles. The number of pyridine rings is 1. The second kappa shape index (κ2) is 6.86. The minimum atomic E-state index is 0.651. The molecule has 0 amide bonds. The maximum atomic E-state index is 5.16. The molecule has 1 aromatic rings. The molecule has 80 valence electrons. The van der Waals surface area contributed by atoms with E-state index in [0.29, 0.717) is 5.88 Å². The largest absolute Gasteiger partial charge is 0.481 e. The molecule has 0 saturated heterocycles. The van der Waals surface area contributed by atoms with Crippen molar-refractivity contribution in [2.75, 3.05) is 13.7 Å². The SMILES string of the molecule is C#CCCCNCc1ccnc(OC)c1. The lowest BCUT2D eigenvalue weighted by Gasteiger charge is -2.04. The summed E-state index contributed by atoms with van der Waals surface area (Å²) in [6.45, 7) is 1.76. The quantitative estimate of drug-likeness (QED) is 0.564. The highest BCUT2D eigenvalue weighted by Gasteiger charge is 1.95. The Morgan fingerprint density at radius 1 is 1.60 bits per heavy atom. The predicted octanol–water partition coefficient (Wildman–Crippen LogP) is 1.59. The van der Waals surface area contributed by atoms with Gasteiger partial charge in [0.05, 0.1) is 7.11 Å². The van der Waals surface area contributed by atoms with Gasteiger partial charge in [-0.1, -0.05) is 0 Å². The molecule has 0 aliphatic heterocycles. The molecule has 0 aliphatic rings. The van der Waals surface area contributed by atoms with E-state index < -0.39 is 0 Å². The minimum absolute atomic E-state index is 0.651. The third-order valence-electron chi connectivity index (χ3n) is 2.01. The fourth-order valence-corrected chi connectivity index (χ4v) is 1.22. The minimum Gasteiger partial charge on any atom is -0.481 e. The Bertz CT molecular complexity index is 331. The van der Waals surface area contributed by atoms with E-state index in [0.717, 1.165) is 25.9 Å². The van der Waals surface area contributed by atoms with E-state index in [1.807, 2.05) is 12.1 Å². The van der Waals surface area contributed by atoms with E-state index in [1.165, 1.54) is 5.56 Å². The van der Waals surface area contributed by atoms with Gasteiger partial charge in [-0.05, 0) is 24.6 Å². The first-order valence-corrected chi connectivity index (χ1v) is 5.00. The van der Waals surface area contributed by atoms with E-state index in [-0.39, 0.29) is 0 Å². The molecule has 0 saturated carbocycles. The number of nitrogens with zero attached hydrogens (tertiary/aromatic N) is 1. The Morgan fingerprint density at radius 2 is 2.47 bits per heavy atom. The van der Waals surface area contributed by atoms with E-state index >= 15 is 0 Å². The van der Waals surface area contributed by atoms with Gasteiger partial charge in [0.15, 0.2) is 0 Å². The summed E-state index contributed by atoms with van der Waals surface area (Å²) in [5, 5.41) is 3.31. The Hall–Kier alpha value is -1.53. The Kier molecular flexibility index (Phi) is 5.28. The van der Waals surface area contributed by atoms with Crippen LogP contribution < -0.4 is 10.1 Å². The van der Waals surface area contributed by atoms with Gasteiger partial charge in [-0.3, -0.25) is 0 Å². The van der Waals surface area contributed by atoms with Crippen LogP contribution in [0.1, 0.15) is 18.4 Å². The van der Waals surface area contributed by atoms with E-state index in [2.05, 4.69) is 16.2 Å². The van der Waals surface area contributed by atoms with Crippen molar-refractivity contribution in [3.05, 3.63) is 23.9 Å². The van der Waals surface area contributed by atoms with Crippen molar-refractivity contribution in [1.29, 1.82) is 0 Å². The van der Waals surface area contributed by atoms with Crippen LogP contribution in [0.2, 0.25) is 0 Å². The Balaban J connectivity index is 2.28. The highest BCUT2D eigenvalue weighted by molar-refractivity contribution is 5.20. The normalized spacial score (nSPS) is 9.60. The number of methoxy groups -OCH3 is 1. The van der Waals surface area contributed by atoms with E-state index in [4.69, 9.17) is 11.2 Å². The van der Waals surface area contributed by atoms with Gasteiger partial charge < -0.3 is 10.1 Å². The second-order valence-corrected chi connectivity index (χ2v) is 3.19. The zero-order valence-electron chi connectivity index (χ0n) is 8.99. The molecule has 3 nitrogen and oxygen atoms in total. The number of hydrogen-bond donors (Lipinski definition) is 1. The van der Waals surface area contributed by atoms with Crippen molar-refractivity contribution < 1.29 is 4.74 Å². The number of ether oxygens (including phenoxy) is 1. The first-order valence-electron chi connectivity index (χ1n) is 5.00. The van der Waals surface area contributed by atoms with Crippen LogP contribution in [0.15, 0.2) is 18.3 Å². The van der Waals surface area contributed by atoms with Crippen LogP contribution >= 0.6 is 0 Å². The molecule has 0 spiro atoms. The summed E-state index contributed by atoms with van der Waals surface area (Å²) in [4.78, 5) is 4.04. The fourth-order valence-electron chi connectivity index (χ4n) is 1.22. The molecule has 0 fully saturated rings. The van der Waals surface area contributed by atoms with Crippen LogP contribution in [0.4, 0.5) is 0 Å². The number of terminal acetylenes is 1. The van der Waals surface area contributed by atoms with Gasteiger partial charge in [-0.2, -0.15) is 0 Å². The first kappa shape index (κ1) is 11.5. The maximum Gasteiger partial charge on any atom is 0.213 e. The summed E-state index contributed by atoms with van der Waals surface area (Å²) in [7, 11) is 1.62. The van der Waals surface area contributed by atoms with E-state index in [9.17, 15) is 0 Å². The van der Waals surface area contributed by atoms with Crippen LogP contribution in [-0.2, 0) is 6.54 Å².